The van der Waals surface area contributed by atoms with Crippen LogP contribution in [0.15, 0.2) is 29.1 Å². The lowest BCUT2D eigenvalue weighted by Crippen LogP contribution is -2.27. The van der Waals surface area contributed by atoms with Crippen molar-refractivity contribution < 1.29 is 14.6 Å². The number of ether oxygens (including phenoxy) is 1. The second-order valence-corrected chi connectivity index (χ2v) is 7.92. The largest absolute Gasteiger partial charge is 0.481 e. The highest BCUT2D eigenvalue weighted by Gasteiger charge is 2.16. The molecule has 0 radical (unpaired) electrons. The SMILES string of the molecule is CCCCOc1nc(N)c2[nH]c(=O)n(CCN(C)Cc3cccc(C(C)C(=O)O)c3)c2n1. The minimum Gasteiger partial charge on any atom is -0.481 e. The standard InChI is InChI=1S/C22H30N6O4/c1-4-5-11-32-21-25-18(23)17-19(26-21)28(22(31)24-17)10-9-27(3)13-15-7-6-8-16(12-15)14(2)20(29)30/h6-8,12,14H,4-5,9-11,13H2,1-3H3,(H,24,31)(H,29,30)(H2,23,25,26). The van der Waals surface area contributed by atoms with Crippen molar-refractivity contribution in [3.63, 3.8) is 0 Å². The van der Waals surface area contributed by atoms with E-state index in [0.717, 1.165) is 24.0 Å². The molecule has 0 bridgehead atoms. The van der Waals surface area contributed by atoms with E-state index in [0.29, 0.717) is 37.4 Å². The summed E-state index contributed by atoms with van der Waals surface area (Å²) in [4.78, 5) is 37.0. The number of imidazole rings is 1. The molecule has 0 aliphatic rings. The van der Waals surface area contributed by atoms with Gasteiger partial charge in [-0.3, -0.25) is 9.36 Å². The maximum atomic E-state index is 12.5. The van der Waals surface area contributed by atoms with Gasteiger partial charge in [0.25, 0.3) is 0 Å². The topological polar surface area (TPSA) is 139 Å². The Morgan fingerprint density at radius 1 is 1.38 bits per heavy atom. The van der Waals surface area contributed by atoms with E-state index >= 15 is 0 Å². The predicted molar refractivity (Wildman–Crippen MR) is 122 cm³/mol. The van der Waals surface area contributed by atoms with Crippen LogP contribution in [0.1, 0.15) is 43.7 Å². The Bertz CT molecular complexity index is 1140. The summed E-state index contributed by atoms with van der Waals surface area (Å²) in [5, 5.41) is 9.24. The van der Waals surface area contributed by atoms with E-state index in [-0.39, 0.29) is 17.5 Å². The van der Waals surface area contributed by atoms with Crippen molar-refractivity contribution in [2.45, 2.75) is 45.7 Å². The van der Waals surface area contributed by atoms with Gasteiger partial charge in [-0.2, -0.15) is 9.97 Å². The van der Waals surface area contributed by atoms with Crippen molar-refractivity contribution in [2.24, 2.45) is 0 Å². The van der Waals surface area contributed by atoms with Crippen LogP contribution in [0.5, 0.6) is 6.01 Å². The van der Waals surface area contributed by atoms with Crippen LogP contribution in [0.2, 0.25) is 0 Å². The minimum absolute atomic E-state index is 0.161. The van der Waals surface area contributed by atoms with Gasteiger partial charge in [0.05, 0.1) is 12.5 Å². The van der Waals surface area contributed by atoms with Crippen molar-refractivity contribution in [3.05, 3.63) is 45.9 Å². The lowest BCUT2D eigenvalue weighted by molar-refractivity contribution is -0.138. The van der Waals surface area contributed by atoms with E-state index in [9.17, 15) is 14.7 Å². The number of fused-ring (bicyclic) bond motifs is 1. The summed E-state index contributed by atoms with van der Waals surface area (Å²) in [5.41, 5.74) is 8.27. The third-order valence-electron chi connectivity index (χ3n) is 5.34. The first-order chi connectivity index (χ1) is 15.3. The fourth-order valence-corrected chi connectivity index (χ4v) is 3.38. The number of unbranched alkanes of at least 4 members (excludes halogenated alkanes) is 1. The second kappa shape index (κ2) is 10.3. The van der Waals surface area contributed by atoms with Gasteiger partial charge in [-0.1, -0.05) is 37.6 Å². The number of hydrogen-bond donors (Lipinski definition) is 3. The molecule has 0 aliphatic heterocycles. The summed E-state index contributed by atoms with van der Waals surface area (Å²) in [7, 11) is 1.94. The van der Waals surface area contributed by atoms with E-state index in [2.05, 4.69) is 26.8 Å². The van der Waals surface area contributed by atoms with Crippen molar-refractivity contribution in [3.8, 4) is 6.01 Å². The number of nitrogens with two attached hydrogens (primary N) is 1. The fourth-order valence-electron chi connectivity index (χ4n) is 3.38. The summed E-state index contributed by atoms with van der Waals surface area (Å²) >= 11 is 0. The third-order valence-corrected chi connectivity index (χ3v) is 5.34. The van der Waals surface area contributed by atoms with Gasteiger partial charge < -0.3 is 25.5 Å². The molecule has 32 heavy (non-hydrogen) atoms. The Morgan fingerprint density at radius 3 is 2.88 bits per heavy atom. The summed E-state index contributed by atoms with van der Waals surface area (Å²) < 4.78 is 7.10. The molecule has 0 fully saturated rings. The van der Waals surface area contributed by atoms with Crippen LogP contribution in [0.25, 0.3) is 11.2 Å². The van der Waals surface area contributed by atoms with Crippen molar-refractivity contribution in [1.82, 2.24) is 24.4 Å². The third kappa shape index (κ3) is 5.44. The molecule has 0 aliphatic carbocycles. The monoisotopic (exact) mass is 442 g/mol. The summed E-state index contributed by atoms with van der Waals surface area (Å²) in [6.07, 6.45) is 1.86. The van der Waals surface area contributed by atoms with Crippen molar-refractivity contribution in [1.29, 1.82) is 0 Å². The zero-order valence-electron chi connectivity index (χ0n) is 18.7. The van der Waals surface area contributed by atoms with Gasteiger partial charge in [0.15, 0.2) is 11.5 Å². The van der Waals surface area contributed by atoms with E-state index in [1.54, 1.807) is 6.92 Å². The average molecular weight is 443 g/mol. The van der Waals surface area contributed by atoms with E-state index in [1.165, 1.54) is 4.57 Å². The maximum absolute atomic E-state index is 12.5. The van der Waals surface area contributed by atoms with Crippen molar-refractivity contribution in [2.75, 3.05) is 25.9 Å². The number of nitrogens with one attached hydrogen (secondary N) is 1. The molecule has 1 unspecified atom stereocenters. The molecule has 0 amide bonds. The number of aliphatic carboxylic acids is 1. The zero-order valence-corrected chi connectivity index (χ0v) is 18.7. The number of H-pyrrole nitrogens is 1. The molecule has 0 spiro atoms. The Labute approximate surface area is 186 Å². The molecule has 1 aromatic carbocycles. The van der Waals surface area contributed by atoms with E-state index in [4.69, 9.17) is 10.5 Å². The van der Waals surface area contributed by atoms with Crippen LogP contribution in [0, 0.1) is 0 Å². The first kappa shape index (κ1) is 23.3. The molecular weight excluding hydrogens is 412 g/mol. The number of carbonyl (C=O) groups is 1. The highest BCUT2D eigenvalue weighted by molar-refractivity contribution is 5.81. The first-order valence-corrected chi connectivity index (χ1v) is 10.7. The van der Waals surface area contributed by atoms with Crippen LogP contribution >= 0.6 is 0 Å². The van der Waals surface area contributed by atoms with E-state index < -0.39 is 11.9 Å². The number of nitrogens with zero attached hydrogens (tertiary/aromatic N) is 4. The molecule has 4 N–H and O–H groups in total. The highest BCUT2D eigenvalue weighted by Crippen LogP contribution is 2.19. The number of aromatic nitrogens is 4. The van der Waals surface area contributed by atoms with Gasteiger partial charge in [0.2, 0.25) is 0 Å². The molecule has 10 nitrogen and oxygen atoms in total. The van der Waals surface area contributed by atoms with Gasteiger partial charge in [-0.25, -0.2) is 4.79 Å². The van der Waals surface area contributed by atoms with Crippen LogP contribution in [-0.2, 0) is 17.9 Å². The average Bonchev–Trinajstić information content (AvgIpc) is 3.07. The Hall–Kier alpha value is -3.40. The fraction of sp³-hybridized carbons (Fsp3) is 0.455. The molecule has 2 heterocycles. The van der Waals surface area contributed by atoms with Crippen LogP contribution < -0.4 is 16.2 Å². The lowest BCUT2D eigenvalue weighted by atomic mass is 9.99. The number of benzene rings is 1. The molecular formula is C22H30N6O4. The zero-order chi connectivity index (χ0) is 23.3. The molecule has 1 atom stereocenters. The quantitative estimate of drug-likeness (QED) is 0.384. The highest BCUT2D eigenvalue weighted by atomic mass is 16.5. The number of carboxylic acids is 1. The summed E-state index contributed by atoms with van der Waals surface area (Å²) in [6.45, 7) is 5.79. The number of hydrogen-bond acceptors (Lipinski definition) is 7. The van der Waals surface area contributed by atoms with Crippen LogP contribution in [0.3, 0.4) is 0 Å². The Kier molecular flexibility index (Phi) is 7.47. The number of nitrogen functional groups attached to an aromatic ring is 1. The number of anilines is 1. The maximum Gasteiger partial charge on any atom is 0.327 e. The normalized spacial score (nSPS) is 12.4. The Balaban J connectivity index is 1.71. The van der Waals surface area contributed by atoms with Crippen LogP contribution in [0.4, 0.5) is 5.82 Å². The van der Waals surface area contributed by atoms with Crippen LogP contribution in [-0.4, -0.2) is 55.7 Å². The Morgan fingerprint density at radius 2 is 2.16 bits per heavy atom. The number of aromatic amines is 1. The molecule has 3 aromatic rings. The van der Waals surface area contributed by atoms with Gasteiger partial charge in [0, 0.05) is 19.6 Å². The molecule has 0 saturated carbocycles. The molecule has 0 saturated heterocycles. The number of carboxylic acid groups (broad SMARTS) is 1. The predicted octanol–water partition coefficient (Wildman–Crippen LogP) is 2.20. The minimum atomic E-state index is -0.853. The number of rotatable bonds is 11. The van der Waals surface area contributed by atoms with Gasteiger partial charge >= 0.3 is 17.7 Å². The first-order valence-electron chi connectivity index (χ1n) is 10.7. The van der Waals surface area contributed by atoms with E-state index in [1.807, 2.05) is 31.3 Å². The number of likely N-dealkylation sites (N-methyl/N-ethyl adjacent to an activating group) is 1. The summed E-state index contributed by atoms with van der Waals surface area (Å²) in [5.74, 6) is -1.24. The lowest BCUT2D eigenvalue weighted by Gasteiger charge is -2.18. The van der Waals surface area contributed by atoms with Gasteiger partial charge in [0.1, 0.15) is 5.52 Å². The molecule has 10 heteroatoms. The summed E-state index contributed by atoms with van der Waals surface area (Å²) in [6, 6.07) is 7.70. The van der Waals surface area contributed by atoms with Crippen molar-refractivity contribution >= 4 is 23.0 Å². The van der Waals surface area contributed by atoms with Gasteiger partial charge in [-0.05, 0) is 31.5 Å². The molecule has 172 valence electrons. The molecule has 2 aromatic heterocycles. The smallest absolute Gasteiger partial charge is 0.327 e. The molecule has 3 rings (SSSR count). The van der Waals surface area contributed by atoms with Gasteiger partial charge in [-0.15, -0.1) is 0 Å². The second-order valence-electron chi connectivity index (χ2n) is 7.92.